The van der Waals surface area contributed by atoms with E-state index in [4.69, 9.17) is 10.8 Å². The van der Waals surface area contributed by atoms with E-state index >= 15 is 0 Å². The van der Waals surface area contributed by atoms with E-state index in [9.17, 15) is 18.0 Å². The van der Waals surface area contributed by atoms with E-state index in [2.05, 4.69) is 9.97 Å². The first-order chi connectivity index (χ1) is 9.29. The van der Waals surface area contributed by atoms with Gasteiger partial charge in [-0.1, -0.05) is 12.1 Å². The highest BCUT2D eigenvalue weighted by Gasteiger charge is 2.33. The fraction of sp³-hybridized carbons (Fsp3) is 0.250. The molecule has 20 heavy (non-hydrogen) atoms. The number of carboxylic acid groups (broad SMARTS) is 1. The van der Waals surface area contributed by atoms with Crippen LogP contribution < -0.4 is 5.73 Å². The number of carbonyl (C=O) groups is 1. The lowest BCUT2D eigenvalue weighted by molar-refractivity contribution is -0.137. The van der Waals surface area contributed by atoms with Crippen LogP contribution in [0, 0.1) is 0 Å². The summed E-state index contributed by atoms with van der Waals surface area (Å²) in [6, 6.07) is 3.55. The van der Waals surface area contributed by atoms with Gasteiger partial charge >= 0.3 is 12.1 Å². The maximum Gasteiger partial charge on any atom is 0.418 e. The molecule has 0 amide bonds. The van der Waals surface area contributed by atoms with Gasteiger partial charge in [0.2, 0.25) is 5.95 Å². The van der Waals surface area contributed by atoms with Gasteiger partial charge in [-0.25, -0.2) is 9.97 Å². The van der Waals surface area contributed by atoms with Crippen molar-refractivity contribution < 1.29 is 23.1 Å². The second-order valence-electron chi connectivity index (χ2n) is 4.12. The Labute approximate surface area is 111 Å². The molecule has 1 heterocycles. The number of alkyl halides is 3. The van der Waals surface area contributed by atoms with Crippen molar-refractivity contribution in [3.05, 3.63) is 29.5 Å². The van der Waals surface area contributed by atoms with Crippen molar-refractivity contribution in [2.75, 3.05) is 5.73 Å². The molecule has 0 unspecified atom stereocenters. The second-order valence-corrected chi connectivity index (χ2v) is 4.12. The Morgan fingerprint density at radius 1 is 1.30 bits per heavy atom. The topological polar surface area (TPSA) is 89.1 Å². The number of carboxylic acids is 1. The smallest absolute Gasteiger partial charge is 0.418 e. The van der Waals surface area contributed by atoms with E-state index in [1.807, 2.05) is 0 Å². The maximum absolute atomic E-state index is 12.9. The summed E-state index contributed by atoms with van der Waals surface area (Å²) in [6.07, 6.45) is -4.83. The number of hydrogen-bond donors (Lipinski definition) is 2. The number of nitrogens with zero attached hydrogens (tertiary/aromatic N) is 2. The number of rotatable bonds is 3. The fourth-order valence-electron chi connectivity index (χ4n) is 1.88. The summed E-state index contributed by atoms with van der Waals surface area (Å²) in [5, 5.41) is 8.81. The van der Waals surface area contributed by atoms with Crippen LogP contribution in [0.25, 0.3) is 10.9 Å². The molecule has 2 rings (SSSR count). The number of nitrogen functional groups attached to an aromatic ring is 1. The van der Waals surface area contributed by atoms with E-state index in [0.29, 0.717) is 0 Å². The highest BCUT2D eigenvalue weighted by atomic mass is 19.4. The van der Waals surface area contributed by atoms with Crippen molar-refractivity contribution in [3.8, 4) is 0 Å². The van der Waals surface area contributed by atoms with Gasteiger partial charge in [-0.15, -0.1) is 0 Å². The van der Waals surface area contributed by atoms with Crippen molar-refractivity contribution in [2.45, 2.75) is 19.0 Å². The highest BCUT2D eigenvalue weighted by Crippen LogP contribution is 2.34. The Kier molecular flexibility index (Phi) is 3.47. The van der Waals surface area contributed by atoms with Crippen LogP contribution in [0.5, 0.6) is 0 Å². The molecule has 0 aliphatic rings. The summed E-state index contributed by atoms with van der Waals surface area (Å²) in [4.78, 5) is 18.0. The van der Waals surface area contributed by atoms with Crippen molar-refractivity contribution in [1.82, 2.24) is 9.97 Å². The molecule has 1 aromatic carbocycles. The number of hydrogen-bond acceptors (Lipinski definition) is 4. The lowest BCUT2D eigenvalue weighted by atomic mass is 10.1. The molecule has 0 atom stereocenters. The van der Waals surface area contributed by atoms with Gasteiger partial charge in [-0.3, -0.25) is 4.79 Å². The van der Waals surface area contributed by atoms with Gasteiger partial charge in [0, 0.05) is 11.8 Å². The van der Waals surface area contributed by atoms with Crippen LogP contribution in [0.2, 0.25) is 0 Å². The van der Waals surface area contributed by atoms with Gasteiger partial charge in [-0.05, 0) is 6.07 Å². The van der Waals surface area contributed by atoms with Crippen molar-refractivity contribution >= 4 is 22.8 Å². The Morgan fingerprint density at radius 2 is 2.00 bits per heavy atom. The third kappa shape index (κ3) is 2.79. The van der Waals surface area contributed by atoms with Crippen molar-refractivity contribution in [3.63, 3.8) is 0 Å². The van der Waals surface area contributed by atoms with E-state index in [-0.39, 0.29) is 35.4 Å². The number of para-hydroxylation sites is 1. The number of aliphatic carboxylic acids is 1. The highest BCUT2D eigenvalue weighted by molar-refractivity contribution is 5.85. The largest absolute Gasteiger partial charge is 0.481 e. The average molecular weight is 285 g/mol. The molecular weight excluding hydrogens is 275 g/mol. The van der Waals surface area contributed by atoms with Crippen LogP contribution in [-0.2, 0) is 17.4 Å². The normalized spacial score (nSPS) is 11.8. The number of nitrogens with two attached hydrogens (primary N) is 1. The Hall–Kier alpha value is -2.38. The quantitative estimate of drug-likeness (QED) is 0.902. The molecule has 0 fully saturated rings. The van der Waals surface area contributed by atoms with Crippen molar-refractivity contribution in [2.24, 2.45) is 0 Å². The minimum Gasteiger partial charge on any atom is -0.481 e. The van der Waals surface area contributed by atoms with E-state index < -0.39 is 17.7 Å². The number of anilines is 1. The summed E-state index contributed by atoms with van der Waals surface area (Å²) in [7, 11) is 0. The molecule has 0 aliphatic carbocycles. The standard InChI is InChI=1S/C12H10F3N3O2/c13-12(14,15)7-3-1-2-6-8(4-5-9(19)20)17-11(16)18-10(6)7/h1-3H,4-5H2,(H,19,20)(H2,16,17,18). The molecule has 8 heteroatoms. The molecule has 5 nitrogen and oxygen atoms in total. The van der Waals surface area contributed by atoms with Crippen LogP contribution in [0.1, 0.15) is 17.7 Å². The Bertz CT molecular complexity index is 671. The molecule has 1 aromatic heterocycles. The lowest BCUT2D eigenvalue weighted by Crippen LogP contribution is -2.10. The van der Waals surface area contributed by atoms with Gasteiger partial charge in [0.25, 0.3) is 0 Å². The lowest BCUT2D eigenvalue weighted by Gasteiger charge is -2.12. The number of benzene rings is 1. The fourth-order valence-corrected chi connectivity index (χ4v) is 1.88. The molecule has 3 N–H and O–H groups in total. The zero-order chi connectivity index (χ0) is 14.9. The van der Waals surface area contributed by atoms with Crippen LogP contribution >= 0.6 is 0 Å². The van der Waals surface area contributed by atoms with Gasteiger partial charge in [-0.2, -0.15) is 13.2 Å². The predicted molar refractivity (Wildman–Crippen MR) is 64.9 cm³/mol. The summed E-state index contributed by atoms with van der Waals surface area (Å²) in [6.45, 7) is 0. The van der Waals surface area contributed by atoms with Gasteiger partial charge < -0.3 is 10.8 Å². The van der Waals surface area contributed by atoms with Gasteiger partial charge in [0.15, 0.2) is 0 Å². The van der Waals surface area contributed by atoms with Crippen LogP contribution in [0.4, 0.5) is 19.1 Å². The zero-order valence-electron chi connectivity index (χ0n) is 10.1. The molecule has 0 aliphatic heterocycles. The van der Waals surface area contributed by atoms with E-state index in [1.54, 1.807) is 0 Å². The number of halogens is 3. The molecule has 2 aromatic rings. The van der Waals surface area contributed by atoms with Crippen molar-refractivity contribution in [1.29, 1.82) is 0 Å². The van der Waals surface area contributed by atoms with Gasteiger partial charge in [0.05, 0.1) is 23.2 Å². The number of aryl methyl sites for hydroxylation is 1. The number of aromatic nitrogens is 2. The molecule has 0 saturated carbocycles. The zero-order valence-corrected chi connectivity index (χ0v) is 10.1. The SMILES string of the molecule is Nc1nc(CCC(=O)O)c2cccc(C(F)(F)F)c2n1. The minimum atomic E-state index is -4.57. The average Bonchev–Trinajstić information content (AvgIpc) is 2.33. The van der Waals surface area contributed by atoms with Gasteiger partial charge in [0.1, 0.15) is 0 Å². The third-order valence-corrected chi connectivity index (χ3v) is 2.70. The Balaban J connectivity index is 2.63. The summed E-state index contributed by atoms with van der Waals surface area (Å²) in [5.41, 5.74) is 4.37. The molecular formula is C12H10F3N3O2. The molecule has 0 radical (unpaired) electrons. The molecule has 0 saturated heterocycles. The maximum atomic E-state index is 12.9. The predicted octanol–water partition coefficient (Wildman–Crippen LogP) is 2.25. The van der Waals surface area contributed by atoms with Crippen LogP contribution in [0.3, 0.4) is 0 Å². The van der Waals surface area contributed by atoms with Crippen LogP contribution in [0.15, 0.2) is 18.2 Å². The first kappa shape index (κ1) is 14.0. The van der Waals surface area contributed by atoms with E-state index in [1.165, 1.54) is 12.1 Å². The third-order valence-electron chi connectivity index (χ3n) is 2.70. The Morgan fingerprint density at radius 3 is 2.60 bits per heavy atom. The second kappa shape index (κ2) is 4.95. The van der Waals surface area contributed by atoms with E-state index in [0.717, 1.165) is 6.07 Å². The monoisotopic (exact) mass is 285 g/mol. The minimum absolute atomic E-state index is 0.0140. The summed E-state index contributed by atoms with van der Waals surface area (Å²) >= 11 is 0. The molecule has 0 bridgehead atoms. The summed E-state index contributed by atoms with van der Waals surface area (Å²) in [5.74, 6) is -1.38. The molecule has 106 valence electrons. The first-order valence-electron chi connectivity index (χ1n) is 5.63. The van der Waals surface area contributed by atoms with Crippen LogP contribution in [-0.4, -0.2) is 21.0 Å². The first-order valence-corrected chi connectivity index (χ1v) is 5.63. The number of fused-ring (bicyclic) bond motifs is 1. The summed E-state index contributed by atoms with van der Waals surface area (Å²) < 4.78 is 38.7. The molecule has 0 spiro atoms.